The molecule has 0 atom stereocenters. The molecule has 0 fully saturated rings. The molecule has 0 N–H and O–H groups in total. The van der Waals surface area contributed by atoms with Gasteiger partial charge in [-0.05, 0) is 6.92 Å². The Morgan fingerprint density at radius 2 is 2.24 bits per heavy atom. The van der Waals surface area contributed by atoms with Gasteiger partial charge in [0.1, 0.15) is 18.1 Å². The molecule has 0 saturated carbocycles. The molecule has 114 valence electrons. The Balaban J connectivity index is 1.74. The van der Waals surface area contributed by atoms with E-state index in [1.54, 1.807) is 0 Å². The third-order valence-electron chi connectivity index (χ3n) is 3.38. The quantitative estimate of drug-likeness (QED) is 0.828. The van der Waals surface area contributed by atoms with Crippen molar-refractivity contribution in [2.45, 2.75) is 39.5 Å². The topological polar surface area (TPSA) is 69.1 Å². The van der Waals surface area contributed by atoms with Crippen molar-refractivity contribution in [2.75, 3.05) is 6.54 Å². The van der Waals surface area contributed by atoms with E-state index >= 15 is 0 Å². The lowest BCUT2D eigenvalue weighted by Crippen LogP contribution is -2.37. The van der Waals surface area contributed by atoms with Crippen LogP contribution in [0.1, 0.15) is 17.3 Å². The predicted molar refractivity (Wildman–Crippen MR) is 67.8 cm³/mol. The lowest BCUT2D eigenvalue weighted by Gasteiger charge is -2.25. The second-order valence-corrected chi connectivity index (χ2v) is 5.06. The number of hydrogen-bond acceptors (Lipinski definition) is 5. The normalized spacial score (nSPS) is 15.6. The largest absolute Gasteiger partial charge is 0.361 e. The summed E-state index contributed by atoms with van der Waals surface area (Å²) in [6.45, 7) is 3.23. The maximum atomic E-state index is 12.4. The Bertz CT molecular complexity index is 690. The number of fused-ring (bicyclic) bond motifs is 1. The summed E-state index contributed by atoms with van der Waals surface area (Å²) in [5.41, 5.74) is 0.331. The summed E-state index contributed by atoms with van der Waals surface area (Å²) in [6.07, 6.45) is -2.59. The summed E-state index contributed by atoms with van der Waals surface area (Å²) in [5.74, 6) is 1.24. The first kappa shape index (κ1) is 13.9. The van der Waals surface area contributed by atoms with E-state index in [0.717, 1.165) is 16.1 Å². The number of rotatable bonds is 4. The fourth-order valence-corrected chi connectivity index (χ4v) is 2.45. The van der Waals surface area contributed by atoms with Crippen LogP contribution in [0.25, 0.3) is 0 Å². The molecule has 7 nitrogen and oxygen atoms in total. The molecule has 2 aromatic rings. The Labute approximate surface area is 118 Å². The van der Waals surface area contributed by atoms with Gasteiger partial charge in [0, 0.05) is 25.7 Å². The molecule has 0 aliphatic carbocycles. The molecular formula is C12H15F2N5O2. The van der Waals surface area contributed by atoms with Crippen molar-refractivity contribution in [3.05, 3.63) is 33.8 Å². The molecule has 3 rings (SSSR count). The number of hydrogen-bond donors (Lipinski definition) is 0. The maximum absolute atomic E-state index is 12.4. The molecular weight excluding hydrogens is 284 g/mol. The number of nitrogens with zero attached hydrogens (tertiary/aromatic N) is 5. The van der Waals surface area contributed by atoms with E-state index in [4.69, 9.17) is 4.52 Å². The van der Waals surface area contributed by atoms with Crippen LogP contribution in [0.3, 0.4) is 0 Å². The molecule has 2 aromatic heterocycles. The van der Waals surface area contributed by atoms with Gasteiger partial charge in [-0.2, -0.15) is 5.10 Å². The Morgan fingerprint density at radius 3 is 2.90 bits per heavy atom. The van der Waals surface area contributed by atoms with Gasteiger partial charge in [-0.1, -0.05) is 5.16 Å². The minimum Gasteiger partial charge on any atom is -0.361 e. The van der Waals surface area contributed by atoms with Gasteiger partial charge in [-0.3, -0.25) is 9.47 Å². The molecule has 0 amide bonds. The fraction of sp³-hybridized carbons (Fsp3) is 0.583. The third kappa shape index (κ3) is 2.87. The van der Waals surface area contributed by atoms with Crippen LogP contribution < -0.4 is 5.69 Å². The minimum absolute atomic E-state index is 0.428. The van der Waals surface area contributed by atoms with Crippen LogP contribution in [0.15, 0.2) is 15.4 Å². The van der Waals surface area contributed by atoms with E-state index in [1.807, 2.05) is 17.9 Å². The van der Waals surface area contributed by atoms with Crippen molar-refractivity contribution < 1.29 is 13.3 Å². The number of aromatic nitrogens is 4. The number of halogens is 2. The molecule has 3 heterocycles. The van der Waals surface area contributed by atoms with Gasteiger partial charge in [0.15, 0.2) is 0 Å². The van der Waals surface area contributed by atoms with E-state index in [0.29, 0.717) is 32.0 Å². The van der Waals surface area contributed by atoms with E-state index in [-0.39, 0.29) is 0 Å². The van der Waals surface area contributed by atoms with E-state index in [1.165, 1.54) is 4.57 Å². The van der Waals surface area contributed by atoms with Gasteiger partial charge in [0.25, 0.3) is 6.43 Å². The van der Waals surface area contributed by atoms with E-state index < -0.39 is 18.7 Å². The smallest absolute Gasteiger partial charge is 0.346 e. The summed E-state index contributed by atoms with van der Waals surface area (Å²) in [7, 11) is 0. The first-order valence-electron chi connectivity index (χ1n) is 6.62. The standard InChI is InChI=1S/C12H15F2N5O2/c1-8-4-9(16-21-8)5-17-2-3-18-11(7-17)15-19(12(18)20)6-10(13)14/h4,10H,2-3,5-7H2,1H3. The molecule has 1 aliphatic rings. The van der Waals surface area contributed by atoms with E-state index in [2.05, 4.69) is 10.3 Å². The van der Waals surface area contributed by atoms with Crippen molar-refractivity contribution >= 4 is 0 Å². The summed E-state index contributed by atoms with van der Waals surface area (Å²) < 4.78 is 32.1. The highest BCUT2D eigenvalue weighted by Crippen LogP contribution is 2.12. The van der Waals surface area contributed by atoms with Crippen LogP contribution in [-0.4, -0.2) is 37.4 Å². The zero-order chi connectivity index (χ0) is 15.0. The minimum atomic E-state index is -2.59. The van der Waals surface area contributed by atoms with Crippen LogP contribution in [0, 0.1) is 6.92 Å². The highest BCUT2D eigenvalue weighted by molar-refractivity contribution is 5.04. The van der Waals surface area contributed by atoms with Crippen molar-refractivity contribution in [3.8, 4) is 0 Å². The number of alkyl halides is 2. The molecule has 21 heavy (non-hydrogen) atoms. The summed E-state index contributed by atoms with van der Waals surface area (Å²) in [4.78, 5) is 13.9. The fourth-order valence-electron chi connectivity index (χ4n) is 2.45. The van der Waals surface area contributed by atoms with Crippen LogP contribution in [-0.2, 0) is 26.2 Å². The number of aryl methyl sites for hydroxylation is 1. The van der Waals surface area contributed by atoms with Crippen molar-refractivity contribution in [1.29, 1.82) is 0 Å². The highest BCUT2D eigenvalue weighted by Gasteiger charge is 2.23. The van der Waals surface area contributed by atoms with Gasteiger partial charge < -0.3 is 4.52 Å². The highest BCUT2D eigenvalue weighted by atomic mass is 19.3. The van der Waals surface area contributed by atoms with Crippen LogP contribution in [0.2, 0.25) is 0 Å². The van der Waals surface area contributed by atoms with Crippen LogP contribution in [0.5, 0.6) is 0 Å². The molecule has 1 aliphatic heterocycles. The molecule has 0 spiro atoms. The molecule has 0 saturated heterocycles. The van der Waals surface area contributed by atoms with Gasteiger partial charge in [-0.25, -0.2) is 18.3 Å². The second-order valence-electron chi connectivity index (χ2n) is 5.06. The first-order chi connectivity index (χ1) is 10.0. The maximum Gasteiger partial charge on any atom is 0.346 e. The van der Waals surface area contributed by atoms with Crippen molar-refractivity contribution in [2.24, 2.45) is 0 Å². The van der Waals surface area contributed by atoms with Gasteiger partial charge >= 0.3 is 5.69 Å². The lowest BCUT2D eigenvalue weighted by atomic mass is 10.3. The third-order valence-corrected chi connectivity index (χ3v) is 3.38. The Morgan fingerprint density at radius 1 is 1.43 bits per heavy atom. The van der Waals surface area contributed by atoms with E-state index in [9.17, 15) is 13.6 Å². The Kier molecular flexibility index (Phi) is 3.58. The molecule has 0 bridgehead atoms. The van der Waals surface area contributed by atoms with Crippen molar-refractivity contribution in [3.63, 3.8) is 0 Å². The molecule has 0 unspecified atom stereocenters. The lowest BCUT2D eigenvalue weighted by molar-refractivity contribution is 0.120. The summed E-state index contributed by atoms with van der Waals surface area (Å²) >= 11 is 0. The average Bonchev–Trinajstić information content (AvgIpc) is 2.94. The van der Waals surface area contributed by atoms with Crippen LogP contribution in [0.4, 0.5) is 8.78 Å². The molecule has 0 radical (unpaired) electrons. The van der Waals surface area contributed by atoms with Gasteiger partial charge in [0.2, 0.25) is 0 Å². The summed E-state index contributed by atoms with van der Waals surface area (Å²) in [6, 6.07) is 1.84. The zero-order valence-corrected chi connectivity index (χ0v) is 11.5. The zero-order valence-electron chi connectivity index (χ0n) is 11.5. The monoisotopic (exact) mass is 299 g/mol. The van der Waals surface area contributed by atoms with Crippen molar-refractivity contribution in [1.82, 2.24) is 24.4 Å². The first-order valence-corrected chi connectivity index (χ1v) is 6.62. The predicted octanol–water partition coefficient (Wildman–Crippen LogP) is 0.622. The van der Waals surface area contributed by atoms with Crippen LogP contribution >= 0.6 is 0 Å². The SMILES string of the molecule is Cc1cc(CN2CCn3c(nn(CC(F)F)c3=O)C2)no1. The Hall–Kier alpha value is -2.03. The molecule has 9 heteroatoms. The summed E-state index contributed by atoms with van der Waals surface area (Å²) in [5, 5.41) is 7.91. The molecule has 0 aromatic carbocycles. The van der Waals surface area contributed by atoms with Gasteiger partial charge in [0.05, 0.1) is 12.2 Å². The second kappa shape index (κ2) is 5.40. The average molecular weight is 299 g/mol. The van der Waals surface area contributed by atoms with Gasteiger partial charge in [-0.15, -0.1) is 0 Å².